The molecule has 58 valence electrons. The van der Waals surface area contributed by atoms with Crippen LogP contribution in [0.1, 0.15) is 5.56 Å². The maximum Gasteiger partial charge on any atom is 0.134 e. The molecule has 0 saturated heterocycles. The zero-order valence-electron chi connectivity index (χ0n) is 5.47. The molecule has 4 heteroatoms. The molecule has 2 N–H and O–H groups in total. The molecule has 11 heavy (non-hydrogen) atoms. The lowest BCUT2D eigenvalue weighted by Gasteiger charge is -2.01. The van der Waals surface area contributed by atoms with Crippen molar-refractivity contribution in [3.8, 4) is 0 Å². The standard InChI is InChI=1S/C7H5BrFNS/c8-4-2-1-3-5(9)6(4)7(10)11/h1-3H,(H2,10,11). The molecule has 1 aromatic rings. The molecule has 0 bridgehead atoms. The highest BCUT2D eigenvalue weighted by Crippen LogP contribution is 2.18. The van der Waals surface area contributed by atoms with Crippen LogP contribution in [-0.4, -0.2) is 4.99 Å². The van der Waals surface area contributed by atoms with Crippen molar-refractivity contribution in [2.75, 3.05) is 0 Å². The second kappa shape index (κ2) is 3.28. The van der Waals surface area contributed by atoms with E-state index in [9.17, 15) is 4.39 Å². The predicted molar refractivity (Wildman–Crippen MR) is 50.0 cm³/mol. The van der Waals surface area contributed by atoms with Crippen molar-refractivity contribution in [3.05, 3.63) is 34.1 Å². The van der Waals surface area contributed by atoms with Gasteiger partial charge in [0.2, 0.25) is 0 Å². The fourth-order valence-electron chi connectivity index (χ4n) is 0.733. The van der Waals surface area contributed by atoms with Gasteiger partial charge in [-0.2, -0.15) is 0 Å². The monoisotopic (exact) mass is 233 g/mol. The van der Waals surface area contributed by atoms with Crippen LogP contribution in [0, 0.1) is 5.82 Å². The van der Waals surface area contributed by atoms with E-state index >= 15 is 0 Å². The molecule has 0 aliphatic rings. The first kappa shape index (κ1) is 8.62. The Kier molecular flexibility index (Phi) is 2.57. The Labute approximate surface area is 77.5 Å². The molecule has 1 aromatic carbocycles. The maximum absolute atomic E-state index is 12.9. The van der Waals surface area contributed by atoms with E-state index in [0.29, 0.717) is 4.47 Å². The van der Waals surface area contributed by atoms with E-state index in [0.717, 1.165) is 0 Å². The lowest BCUT2D eigenvalue weighted by Crippen LogP contribution is -2.12. The Bertz CT molecular complexity index is 280. The summed E-state index contributed by atoms with van der Waals surface area (Å²) >= 11 is 7.78. The van der Waals surface area contributed by atoms with Gasteiger partial charge in [-0.05, 0) is 28.1 Å². The summed E-state index contributed by atoms with van der Waals surface area (Å²) in [7, 11) is 0. The van der Waals surface area contributed by atoms with Gasteiger partial charge >= 0.3 is 0 Å². The highest BCUT2D eigenvalue weighted by molar-refractivity contribution is 9.10. The number of thiocarbonyl (C=S) groups is 1. The Morgan fingerprint density at radius 2 is 2.18 bits per heavy atom. The smallest absolute Gasteiger partial charge is 0.134 e. The van der Waals surface area contributed by atoms with Crippen LogP contribution in [0.25, 0.3) is 0 Å². The number of benzene rings is 1. The molecule has 0 unspecified atom stereocenters. The van der Waals surface area contributed by atoms with Gasteiger partial charge in [0.25, 0.3) is 0 Å². The van der Waals surface area contributed by atoms with Gasteiger partial charge in [0.15, 0.2) is 0 Å². The van der Waals surface area contributed by atoms with Crippen LogP contribution in [-0.2, 0) is 0 Å². The number of hydrogen-bond donors (Lipinski definition) is 1. The summed E-state index contributed by atoms with van der Waals surface area (Å²) < 4.78 is 13.5. The van der Waals surface area contributed by atoms with E-state index in [-0.39, 0.29) is 10.6 Å². The molecule has 1 rings (SSSR count). The van der Waals surface area contributed by atoms with Gasteiger partial charge in [-0.15, -0.1) is 0 Å². The molecule has 0 heterocycles. The number of hydrogen-bond acceptors (Lipinski definition) is 1. The van der Waals surface area contributed by atoms with Crippen LogP contribution in [0.2, 0.25) is 0 Å². The third kappa shape index (κ3) is 1.75. The van der Waals surface area contributed by atoms with Crippen molar-refractivity contribution >= 4 is 33.1 Å². The fourth-order valence-corrected chi connectivity index (χ4v) is 1.63. The van der Waals surface area contributed by atoms with Crippen LogP contribution in [0.3, 0.4) is 0 Å². The van der Waals surface area contributed by atoms with Crippen LogP contribution in [0.15, 0.2) is 22.7 Å². The fraction of sp³-hybridized carbons (Fsp3) is 0. The number of nitrogens with two attached hydrogens (primary N) is 1. The summed E-state index contributed by atoms with van der Waals surface area (Å²) in [5, 5.41) is 0. The first-order valence-corrected chi connectivity index (χ1v) is 4.07. The molecule has 0 atom stereocenters. The van der Waals surface area contributed by atoms with Crippen LogP contribution in [0.5, 0.6) is 0 Å². The molecular formula is C7H5BrFNS. The molecule has 0 fully saturated rings. The van der Waals surface area contributed by atoms with Crippen LogP contribution in [0.4, 0.5) is 4.39 Å². The molecule has 0 aliphatic carbocycles. The second-order valence-corrected chi connectivity index (χ2v) is 3.26. The summed E-state index contributed by atoms with van der Waals surface area (Å²) in [4.78, 5) is 0.0648. The lowest BCUT2D eigenvalue weighted by atomic mass is 10.2. The van der Waals surface area contributed by atoms with E-state index in [1.54, 1.807) is 12.1 Å². The zero-order chi connectivity index (χ0) is 8.43. The highest BCUT2D eigenvalue weighted by Gasteiger charge is 2.07. The summed E-state index contributed by atoms with van der Waals surface area (Å²) in [5.74, 6) is -0.396. The molecular weight excluding hydrogens is 229 g/mol. The van der Waals surface area contributed by atoms with Gasteiger partial charge in [-0.25, -0.2) is 4.39 Å². The highest BCUT2D eigenvalue weighted by atomic mass is 79.9. The second-order valence-electron chi connectivity index (χ2n) is 1.96. The molecule has 0 aromatic heterocycles. The Hall–Kier alpha value is -0.480. The summed E-state index contributed by atoms with van der Waals surface area (Å²) in [6.45, 7) is 0. The zero-order valence-corrected chi connectivity index (χ0v) is 7.88. The topological polar surface area (TPSA) is 26.0 Å². The molecule has 0 saturated carbocycles. The molecule has 0 amide bonds. The quantitative estimate of drug-likeness (QED) is 0.754. The van der Waals surface area contributed by atoms with Gasteiger partial charge in [0.1, 0.15) is 10.8 Å². The van der Waals surface area contributed by atoms with Crippen molar-refractivity contribution in [1.29, 1.82) is 0 Å². The van der Waals surface area contributed by atoms with Crippen LogP contribution < -0.4 is 5.73 Å². The summed E-state index contributed by atoms with van der Waals surface area (Å²) in [6.07, 6.45) is 0. The maximum atomic E-state index is 12.9. The van der Waals surface area contributed by atoms with Crippen molar-refractivity contribution in [1.82, 2.24) is 0 Å². The molecule has 1 nitrogen and oxygen atoms in total. The third-order valence-electron chi connectivity index (χ3n) is 1.21. The van der Waals surface area contributed by atoms with Crippen molar-refractivity contribution in [2.45, 2.75) is 0 Å². The summed E-state index contributed by atoms with van der Waals surface area (Å²) in [6, 6.07) is 4.60. The van der Waals surface area contributed by atoms with E-state index in [4.69, 9.17) is 5.73 Å². The average molecular weight is 234 g/mol. The Morgan fingerprint density at radius 1 is 1.55 bits per heavy atom. The Balaban J connectivity index is 3.32. The van der Waals surface area contributed by atoms with Gasteiger partial charge in [0, 0.05) is 4.47 Å². The third-order valence-corrected chi connectivity index (χ3v) is 2.07. The van der Waals surface area contributed by atoms with Crippen LogP contribution >= 0.6 is 28.1 Å². The SMILES string of the molecule is NC(=S)c1c(F)cccc1Br. The first-order chi connectivity index (χ1) is 5.13. The van der Waals surface area contributed by atoms with Gasteiger partial charge < -0.3 is 5.73 Å². The Morgan fingerprint density at radius 3 is 2.55 bits per heavy atom. The van der Waals surface area contributed by atoms with E-state index in [2.05, 4.69) is 28.1 Å². The number of rotatable bonds is 1. The lowest BCUT2D eigenvalue weighted by molar-refractivity contribution is 0.624. The van der Waals surface area contributed by atoms with Gasteiger partial charge in [-0.3, -0.25) is 0 Å². The normalized spacial score (nSPS) is 9.64. The largest absolute Gasteiger partial charge is 0.389 e. The average Bonchev–Trinajstić information content (AvgIpc) is 1.85. The van der Waals surface area contributed by atoms with Crippen molar-refractivity contribution < 1.29 is 4.39 Å². The molecule has 0 spiro atoms. The van der Waals surface area contributed by atoms with Gasteiger partial charge in [-0.1, -0.05) is 18.3 Å². The minimum Gasteiger partial charge on any atom is -0.389 e. The first-order valence-electron chi connectivity index (χ1n) is 2.86. The van der Waals surface area contributed by atoms with Crippen molar-refractivity contribution in [2.24, 2.45) is 5.73 Å². The van der Waals surface area contributed by atoms with Gasteiger partial charge in [0.05, 0.1) is 5.56 Å². The number of halogens is 2. The molecule has 0 radical (unpaired) electrons. The van der Waals surface area contributed by atoms with E-state index in [1.807, 2.05) is 0 Å². The minimum atomic E-state index is -0.396. The predicted octanol–water partition coefficient (Wildman–Crippen LogP) is 2.22. The molecule has 0 aliphatic heterocycles. The summed E-state index contributed by atoms with van der Waals surface area (Å²) in [5.41, 5.74) is 5.54. The van der Waals surface area contributed by atoms with Crippen molar-refractivity contribution in [3.63, 3.8) is 0 Å². The minimum absolute atomic E-state index is 0.0648. The van der Waals surface area contributed by atoms with E-state index < -0.39 is 5.82 Å². The van der Waals surface area contributed by atoms with E-state index in [1.165, 1.54) is 6.07 Å².